The SMILES string of the molecule is CC(=O)N(C1O[C@H](CO)[C@@H](O)[C@H](O[C@H](C)C(=O)O)[C@H]1N)[C@@H](C)C(=O)N[C@H](CCC(=O)O)C(=O)N[C@@H](Cc1ccc(O)cc1)C(=O)O. The van der Waals surface area contributed by atoms with Crippen LogP contribution in [0.5, 0.6) is 5.75 Å². The van der Waals surface area contributed by atoms with Gasteiger partial charge in [0.25, 0.3) is 0 Å². The molecule has 256 valence electrons. The molecule has 1 heterocycles. The number of aliphatic carboxylic acids is 3. The summed E-state index contributed by atoms with van der Waals surface area (Å²) in [4.78, 5) is 74.8. The molecule has 3 amide bonds. The highest BCUT2D eigenvalue weighted by Crippen LogP contribution is 2.27. The van der Waals surface area contributed by atoms with E-state index in [1.807, 2.05) is 0 Å². The predicted molar refractivity (Wildman–Crippen MR) is 154 cm³/mol. The van der Waals surface area contributed by atoms with Gasteiger partial charge in [-0.05, 0) is 38.0 Å². The maximum atomic E-state index is 13.4. The maximum Gasteiger partial charge on any atom is 0.332 e. The molecule has 1 aliphatic rings. The van der Waals surface area contributed by atoms with Crippen LogP contribution in [0.3, 0.4) is 0 Å². The van der Waals surface area contributed by atoms with Crippen LogP contribution in [0.2, 0.25) is 0 Å². The van der Waals surface area contributed by atoms with Gasteiger partial charge in [-0.15, -0.1) is 0 Å². The molecule has 1 aromatic rings. The van der Waals surface area contributed by atoms with Crippen molar-refractivity contribution < 1.29 is 68.9 Å². The van der Waals surface area contributed by atoms with Crippen LogP contribution in [0.15, 0.2) is 24.3 Å². The van der Waals surface area contributed by atoms with Crippen LogP contribution in [-0.4, -0.2) is 133 Å². The third kappa shape index (κ3) is 10.1. The summed E-state index contributed by atoms with van der Waals surface area (Å²) in [6.07, 6.45) is -8.82. The molecular weight excluding hydrogens is 616 g/mol. The summed E-state index contributed by atoms with van der Waals surface area (Å²) < 4.78 is 11.0. The number of nitrogens with two attached hydrogens (primary N) is 1. The predicted octanol–water partition coefficient (Wildman–Crippen LogP) is -2.65. The largest absolute Gasteiger partial charge is 0.508 e. The van der Waals surface area contributed by atoms with E-state index < -0.39 is 110 Å². The number of phenols is 1. The Kier molecular flexibility index (Phi) is 13.8. The number of aromatic hydroxyl groups is 1. The van der Waals surface area contributed by atoms with Crippen LogP contribution in [-0.2, 0) is 44.7 Å². The van der Waals surface area contributed by atoms with E-state index in [0.29, 0.717) is 5.56 Å². The van der Waals surface area contributed by atoms with Gasteiger partial charge in [0.15, 0.2) is 12.3 Å². The van der Waals surface area contributed by atoms with Gasteiger partial charge in [0.05, 0.1) is 12.6 Å². The number of carbonyl (C=O) groups excluding carboxylic acids is 3. The van der Waals surface area contributed by atoms with Gasteiger partial charge in [0.2, 0.25) is 17.7 Å². The first-order chi connectivity index (χ1) is 21.5. The molecule has 1 fully saturated rings. The van der Waals surface area contributed by atoms with E-state index in [1.54, 1.807) is 0 Å². The minimum absolute atomic E-state index is 0.0645. The molecule has 0 spiro atoms. The van der Waals surface area contributed by atoms with Crippen LogP contribution in [0.1, 0.15) is 39.2 Å². The Balaban J connectivity index is 2.31. The number of ether oxygens (including phenoxy) is 2. The number of aliphatic hydroxyl groups excluding tert-OH is 2. The molecule has 1 saturated heterocycles. The molecular formula is C28H40N4O14. The van der Waals surface area contributed by atoms with Gasteiger partial charge in [0, 0.05) is 19.8 Å². The number of benzene rings is 1. The molecule has 18 nitrogen and oxygen atoms in total. The second kappa shape index (κ2) is 16.8. The minimum Gasteiger partial charge on any atom is -0.508 e. The zero-order valence-electron chi connectivity index (χ0n) is 25.3. The Hall–Kier alpha value is -4.36. The minimum atomic E-state index is -1.62. The van der Waals surface area contributed by atoms with Crippen molar-refractivity contribution in [2.24, 2.45) is 5.73 Å². The van der Waals surface area contributed by atoms with Crippen LogP contribution < -0.4 is 16.4 Å². The molecule has 2 rings (SSSR count). The summed E-state index contributed by atoms with van der Waals surface area (Å²) in [5.41, 5.74) is 6.67. The van der Waals surface area contributed by atoms with Gasteiger partial charge in [0.1, 0.15) is 42.2 Å². The lowest BCUT2D eigenvalue weighted by Crippen LogP contribution is -2.70. The smallest absolute Gasteiger partial charge is 0.332 e. The molecule has 0 radical (unpaired) electrons. The zero-order chi connectivity index (χ0) is 34.9. The normalized spacial score (nSPS) is 23.7. The summed E-state index contributed by atoms with van der Waals surface area (Å²) in [5, 5.41) is 62.6. The summed E-state index contributed by atoms with van der Waals surface area (Å²) in [6.45, 7) is 2.63. The standard InChI is InChI=1S/C28H40N4O14/c1-12(32(14(3)34)26-21(29)23(45-13(2)27(41)42)22(38)19(11-33)46-26)24(39)30-17(8-9-20(36)37)25(40)31-18(28(43)44)10-15-4-6-16(35)7-5-15/h4-7,12-13,17-19,21-23,26,33,35,38H,8-11,29H2,1-3H3,(H,30,39)(H,31,40)(H,36,37)(H,41,42)(H,43,44)/t12-,13+,17+,18-,19+,21+,22+,23+,26?/m0/s1. The van der Waals surface area contributed by atoms with Crippen molar-refractivity contribution in [2.75, 3.05) is 6.61 Å². The Morgan fingerprint density at radius 2 is 1.57 bits per heavy atom. The van der Waals surface area contributed by atoms with Gasteiger partial charge < -0.3 is 61.4 Å². The highest BCUT2D eigenvalue weighted by molar-refractivity contribution is 5.93. The van der Waals surface area contributed by atoms with E-state index in [9.17, 15) is 59.4 Å². The monoisotopic (exact) mass is 656 g/mol. The molecule has 0 aliphatic carbocycles. The van der Waals surface area contributed by atoms with Gasteiger partial charge >= 0.3 is 17.9 Å². The number of amides is 3. The number of carboxylic acid groups (broad SMARTS) is 3. The number of rotatable bonds is 16. The summed E-state index contributed by atoms with van der Waals surface area (Å²) in [5.74, 6) is -7.05. The molecule has 46 heavy (non-hydrogen) atoms. The third-order valence-electron chi connectivity index (χ3n) is 7.33. The number of phenolic OH excluding ortho intramolecular Hbond substituents is 1. The Morgan fingerprint density at radius 3 is 2.07 bits per heavy atom. The third-order valence-corrected chi connectivity index (χ3v) is 7.33. The molecule has 0 aromatic heterocycles. The number of carboxylic acids is 3. The van der Waals surface area contributed by atoms with E-state index in [2.05, 4.69) is 10.6 Å². The fraction of sp³-hybridized carbons (Fsp3) is 0.571. The second-order valence-corrected chi connectivity index (χ2v) is 10.8. The number of hydrogen-bond donors (Lipinski definition) is 9. The highest BCUT2D eigenvalue weighted by atomic mass is 16.6. The first-order valence-corrected chi connectivity index (χ1v) is 14.2. The number of carbonyl (C=O) groups is 6. The topological polar surface area (TPSA) is 296 Å². The highest BCUT2D eigenvalue weighted by Gasteiger charge is 2.49. The second-order valence-electron chi connectivity index (χ2n) is 10.8. The number of hydrogen-bond acceptors (Lipinski definition) is 12. The number of nitrogens with zero attached hydrogens (tertiary/aromatic N) is 1. The maximum absolute atomic E-state index is 13.4. The molecule has 0 saturated carbocycles. The molecule has 1 unspecified atom stereocenters. The summed E-state index contributed by atoms with van der Waals surface area (Å²) in [6, 6.07) is -0.504. The van der Waals surface area contributed by atoms with Crippen molar-refractivity contribution >= 4 is 35.6 Å². The number of nitrogens with one attached hydrogen (secondary N) is 2. The average Bonchev–Trinajstić information content (AvgIpc) is 2.98. The van der Waals surface area contributed by atoms with Crippen LogP contribution in [0.4, 0.5) is 0 Å². The lowest BCUT2D eigenvalue weighted by Gasteiger charge is -2.48. The van der Waals surface area contributed by atoms with Gasteiger partial charge in [-0.2, -0.15) is 0 Å². The average molecular weight is 657 g/mol. The summed E-state index contributed by atoms with van der Waals surface area (Å²) >= 11 is 0. The Morgan fingerprint density at radius 1 is 0.978 bits per heavy atom. The number of aliphatic hydroxyl groups is 2. The van der Waals surface area contributed by atoms with Crippen molar-refractivity contribution in [1.29, 1.82) is 0 Å². The van der Waals surface area contributed by atoms with Gasteiger partial charge in [-0.25, -0.2) is 9.59 Å². The van der Waals surface area contributed by atoms with Crippen molar-refractivity contribution in [3.05, 3.63) is 29.8 Å². The fourth-order valence-electron chi connectivity index (χ4n) is 4.79. The van der Waals surface area contributed by atoms with Crippen LogP contribution in [0, 0.1) is 0 Å². The fourth-order valence-corrected chi connectivity index (χ4v) is 4.79. The van der Waals surface area contributed by atoms with E-state index >= 15 is 0 Å². The van der Waals surface area contributed by atoms with E-state index in [4.69, 9.17) is 15.2 Å². The lowest BCUT2D eigenvalue weighted by molar-refractivity contribution is -0.245. The first-order valence-electron chi connectivity index (χ1n) is 14.2. The molecule has 10 N–H and O–H groups in total. The van der Waals surface area contributed by atoms with E-state index in [0.717, 1.165) is 11.8 Å². The van der Waals surface area contributed by atoms with Crippen LogP contribution in [0.25, 0.3) is 0 Å². The zero-order valence-corrected chi connectivity index (χ0v) is 25.3. The van der Waals surface area contributed by atoms with E-state index in [-0.39, 0.29) is 12.2 Å². The van der Waals surface area contributed by atoms with E-state index in [1.165, 1.54) is 38.1 Å². The molecule has 0 bridgehead atoms. The Bertz CT molecular complexity index is 1260. The Labute approximate surface area is 263 Å². The van der Waals surface area contributed by atoms with Crippen molar-refractivity contribution in [2.45, 2.75) is 94.8 Å². The van der Waals surface area contributed by atoms with Gasteiger partial charge in [-0.3, -0.25) is 19.2 Å². The van der Waals surface area contributed by atoms with Crippen molar-refractivity contribution in [3.8, 4) is 5.75 Å². The first kappa shape index (κ1) is 37.8. The molecule has 1 aliphatic heterocycles. The van der Waals surface area contributed by atoms with Gasteiger partial charge in [-0.1, -0.05) is 12.1 Å². The molecule has 18 heteroatoms. The lowest BCUT2D eigenvalue weighted by atomic mass is 9.94. The molecule has 9 atom stereocenters. The quantitative estimate of drug-likeness (QED) is 0.0878. The molecule has 1 aromatic carbocycles. The summed E-state index contributed by atoms with van der Waals surface area (Å²) in [7, 11) is 0. The van der Waals surface area contributed by atoms with Crippen molar-refractivity contribution in [3.63, 3.8) is 0 Å². The van der Waals surface area contributed by atoms with Crippen LogP contribution >= 0.6 is 0 Å². The van der Waals surface area contributed by atoms with Crippen molar-refractivity contribution in [1.82, 2.24) is 15.5 Å².